The standard InChI is InChI=1S/C19H21ClN2O2S2/c1-19(2)9-13-16(18(25-3)26-17(13)20)14(10-19)22-24-11-15(23)21-12-7-5-4-6-8-12/h4-8H,9-11H2,1-3H3,(H,21,23)/b22-14+. The molecular weight excluding hydrogens is 388 g/mol. The Balaban J connectivity index is 1.73. The monoisotopic (exact) mass is 408 g/mol. The van der Waals surface area contributed by atoms with Crippen molar-refractivity contribution in [1.29, 1.82) is 0 Å². The third-order valence-corrected chi connectivity index (χ3v) is 6.73. The number of hydrogen-bond donors (Lipinski definition) is 1. The van der Waals surface area contributed by atoms with Crippen LogP contribution in [0.1, 0.15) is 31.4 Å². The topological polar surface area (TPSA) is 50.7 Å². The second-order valence-corrected chi connectivity index (χ2v) is 9.66. The molecule has 0 radical (unpaired) electrons. The van der Waals surface area contributed by atoms with Crippen LogP contribution in [0.4, 0.5) is 5.69 Å². The van der Waals surface area contributed by atoms with Crippen molar-refractivity contribution in [2.75, 3.05) is 18.2 Å². The number of para-hydroxylation sites is 1. The van der Waals surface area contributed by atoms with Crippen molar-refractivity contribution in [3.8, 4) is 0 Å². The fourth-order valence-corrected chi connectivity index (χ4v) is 5.42. The fourth-order valence-electron chi connectivity index (χ4n) is 3.06. The zero-order chi connectivity index (χ0) is 18.7. The zero-order valence-electron chi connectivity index (χ0n) is 15.0. The third kappa shape index (κ3) is 4.42. The van der Waals surface area contributed by atoms with Crippen LogP contribution in [0.3, 0.4) is 0 Å². The molecule has 0 saturated carbocycles. The minimum atomic E-state index is -0.232. The highest BCUT2D eigenvalue weighted by atomic mass is 35.5. The number of nitrogens with one attached hydrogen (secondary N) is 1. The molecule has 7 heteroatoms. The van der Waals surface area contributed by atoms with E-state index in [9.17, 15) is 4.79 Å². The van der Waals surface area contributed by atoms with Crippen molar-refractivity contribution in [2.45, 2.75) is 30.9 Å². The molecule has 1 amide bonds. The van der Waals surface area contributed by atoms with Crippen LogP contribution >= 0.6 is 34.7 Å². The van der Waals surface area contributed by atoms with E-state index in [4.69, 9.17) is 16.4 Å². The molecule has 0 fully saturated rings. The normalized spacial score (nSPS) is 17.0. The lowest BCUT2D eigenvalue weighted by Crippen LogP contribution is -2.27. The Labute approximate surface area is 167 Å². The van der Waals surface area contributed by atoms with Gasteiger partial charge in [-0.2, -0.15) is 0 Å². The van der Waals surface area contributed by atoms with Crippen molar-refractivity contribution in [3.05, 3.63) is 45.8 Å². The third-order valence-electron chi connectivity index (χ3n) is 4.13. The Kier molecular flexibility index (Phi) is 5.95. The SMILES string of the molecule is CSc1sc(Cl)c2c1/C(=N/OCC(=O)Nc1ccccc1)CC(C)(C)C2. The van der Waals surface area contributed by atoms with Crippen molar-refractivity contribution in [1.82, 2.24) is 0 Å². The summed E-state index contributed by atoms with van der Waals surface area (Å²) >= 11 is 9.71. The van der Waals surface area contributed by atoms with Gasteiger partial charge >= 0.3 is 0 Å². The van der Waals surface area contributed by atoms with Gasteiger partial charge in [0.1, 0.15) is 0 Å². The summed E-state index contributed by atoms with van der Waals surface area (Å²) in [4.78, 5) is 17.4. The molecule has 1 heterocycles. The largest absolute Gasteiger partial charge is 0.385 e. The Bertz CT molecular complexity index is 832. The molecule has 0 atom stereocenters. The van der Waals surface area contributed by atoms with Crippen LogP contribution < -0.4 is 5.32 Å². The van der Waals surface area contributed by atoms with Gasteiger partial charge in [-0.15, -0.1) is 23.1 Å². The van der Waals surface area contributed by atoms with Gasteiger partial charge in [0, 0.05) is 11.3 Å². The molecular formula is C19H21ClN2O2S2. The maximum absolute atomic E-state index is 12.0. The highest BCUT2D eigenvalue weighted by molar-refractivity contribution is 8.00. The van der Waals surface area contributed by atoms with Crippen molar-refractivity contribution >= 4 is 52.0 Å². The first-order valence-electron chi connectivity index (χ1n) is 8.29. The van der Waals surface area contributed by atoms with Crippen molar-refractivity contribution < 1.29 is 9.63 Å². The molecule has 1 N–H and O–H groups in total. The van der Waals surface area contributed by atoms with Gasteiger partial charge < -0.3 is 10.2 Å². The van der Waals surface area contributed by atoms with E-state index in [1.165, 1.54) is 0 Å². The summed E-state index contributed by atoms with van der Waals surface area (Å²) in [6.45, 7) is 4.27. The Morgan fingerprint density at radius 3 is 2.77 bits per heavy atom. The number of fused-ring (bicyclic) bond motifs is 1. The summed E-state index contributed by atoms with van der Waals surface area (Å²) in [5, 5.41) is 7.10. The molecule has 0 aliphatic heterocycles. The molecule has 26 heavy (non-hydrogen) atoms. The van der Waals surface area contributed by atoms with Crippen LogP contribution in [0.25, 0.3) is 0 Å². The second-order valence-electron chi connectivity index (χ2n) is 6.96. The van der Waals surface area contributed by atoms with E-state index in [0.29, 0.717) is 0 Å². The molecule has 0 unspecified atom stereocenters. The Hall–Kier alpha value is -1.50. The zero-order valence-corrected chi connectivity index (χ0v) is 17.4. The van der Waals surface area contributed by atoms with Crippen molar-refractivity contribution in [3.63, 3.8) is 0 Å². The predicted octanol–water partition coefficient (Wildman–Crippen LogP) is 5.46. The number of benzene rings is 1. The number of thioether (sulfide) groups is 1. The number of nitrogens with zero attached hydrogens (tertiary/aromatic N) is 1. The highest BCUT2D eigenvalue weighted by Crippen LogP contribution is 2.46. The first kappa shape index (κ1) is 19.3. The smallest absolute Gasteiger partial charge is 0.265 e. The molecule has 0 bridgehead atoms. The average Bonchev–Trinajstić information content (AvgIpc) is 2.90. The van der Waals surface area contributed by atoms with E-state index in [1.807, 2.05) is 36.6 Å². The Morgan fingerprint density at radius 1 is 1.35 bits per heavy atom. The molecule has 1 aliphatic rings. The maximum Gasteiger partial charge on any atom is 0.265 e. The fraction of sp³-hybridized carbons (Fsp3) is 0.368. The molecule has 2 aromatic rings. The number of carbonyl (C=O) groups excluding carboxylic acids is 1. The summed E-state index contributed by atoms with van der Waals surface area (Å²) in [6, 6.07) is 9.30. The van der Waals surface area contributed by atoms with E-state index in [2.05, 4.69) is 24.3 Å². The first-order chi connectivity index (χ1) is 12.4. The van der Waals surface area contributed by atoms with Gasteiger partial charge in [0.25, 0.3) is 5.91 Å². The van der Waals surface area contributed by atoms with E-state index < -0.39 is 0 Å². The summed E-state index contributed by atoms with van der Waals surface area (Å²) in [5.74, 6) is -0.232. The van der Waals surface area contributed by atoms with E-state index in [0.717, 1.165) is 43.9 Å². The van der Waals surface area contributed by atoms with Crippen LogP contribution in [0, 0.1) is 5.41 Å². The van der Waals surface area contributed by atoms with Crippen LogP contribution in [0.5, 0.6) is 0 Å². The molecule has 1 aromatic heterocycles. The van der Waals surface area contributed by atoms with Gasteiger partial charge in [-0.25, -0.2) is 0 Å². The quantitative estimate of drug-likeness (QED) is 0.528. The summed E-state index contributed by atoms with van der Waals surface area (Å²) < 4.78 is 1.98. The van der Waals surface area contributed by atoms with E-state index >= 15 is 0 Å². The number of carbonyl (C=O) groups is 1. The van der Waals surface area contributed by atoms with Gasteiger partial charge in [-0.3, -0.25) is 4.79 Å². The molecule has 1 aliphatic carbocycles. The number of halogens is 1. The predicted molar refractivity (Wildman–Crippen MR) is 111 cm³/mol. The van der Waals surface area contributed by atoms with Gasteiger partial charge in [0.15, 0.2) is 6.61 Å². The number of thiophene rings is 1. The lowest BCUT2D eigenvalue weighted by molar-refractivity contribution is -0.120. The minimum Gasteiger partial charge on any atom is -0.385 e. The van der Waals surface area contributed by atoms with Gasteiger partial charge in [-0.05, 0) is 42.2 Å². The van der Waals surface area contributed by atoms with E-state index in [-0.39, 0.29) is 17.9 Å². The highest BCUT2D eigenvalue weighted by Gasteiger charge is 2.35. The van der Waals surface area contributed by atoms with Crippen LogP contribution in [0.15, 0.2) is 39.7 Å². The van der Waals surface area contributed by atoms with Crippen LogP contribution in [-0.4, -0.2) is 24.5 Å². The molecule has 4 nitrogen and oxygen atoms in total. The van der Waals surface area contributed by atoms with E-state index in [1.54, 1.807) is 23.1 Å². The number of hydrogen-bond acceptors (Lipinski definition) is 5. The molecule has 0 spiro atoms. The summed E-state index contributed by atoms with van der Waals surface area (Å²) in [6.07, 6.45) is 3.75. The number of oxime groups is 1. The minimum absolute atomic E-state index is 0.0574. The molecule has 1 aromatic carbocycles. The molecule has 138 valence electrons. The van der Waals surface area contributed by atoms with Gasteiger partial charge in [0.2, 0.25) is 0 Å². The molecule has 3 rings (SSSR count). The van der Waals surface area contributed by atoms with Gasteiger partial charge in [-0.1, -0.05) is 48.8 Å². The molecule has 0 saturated heterocycles. The van der Waals surface area contributed by atoms with Crippen LogP contribution in [-0.2, 0) is 16.1 Å². The Morgan fingerprint density at radius 2 is 2.08 bits per heavy atom. The maximum atomic E-state index is 12.0. The van der Waals surface area contributed by atoms with Crippen LogP contribution in [0.2, 0.25) is 4.34 Å². The van der Waals surface area contributed by atoms with Gasteiger partial charge in [0.05, 0.1) is 14.3 Å². The number of anilines is 1. The van der Waals surface area contributed by atoms with Crippen molar-refractivity contribution in [2.24, 2.45) is 10.6 Å². The second kappa shape index (κ2) is 8.03. The summed E-state index contributed by atoms with van der Waals surface area (Å²) in [5.41, 5.74) is 3.91. The lowest BCUT2D eigenvalue weighted by atomic mass is 9.75. The number of rotatable bonds is 5. The number of amides is 1. The first-order valence-corrected chi connectivity index (χ1v) is 10.7. The average molecular weight is 409 g/mol. The summed E-state index contributed by atoms with van der Waals surface area (Å²) in [7, 11) is 0. The lowest BCUT2D eigenvalue weighted by Gasteiger charge is -2.30.